The molecule has 13 heteroatoms. The van der Waals surface area contributed by atoms with Crippen LogP contribution in [-0.2, 0) is 4.79 Å². The summed E-state index contributed by atoms with van der Waals surface area (Å²) in [6, 6.07) is 25.1. The van der Waals surface area contributed by atoms with Gasteiger partial charge in [0.05, 0.1) is 5.70 Å². The largest absolute Gasteiger partial charge is 0.490 e. The van der Waals surface area contributed by atoms with E-state index in [2.05, 4.69) is 127 Å². The van der Waals surface area contributed by atoms with Crippen LogP contribution < -0.4 is 9.64 Å². The number of aliphatic carboxylic acids is 1. The van der Waals surface area contributed by atoms with Gasteiger partial charge >= 0.3 is 12.1 Å². The third-order valence-electron chi connectivity index (χ3n) is 7.14. The molecule has 0 fully saturated rings. The Labute approximate surface area is 269 Å². The van der Waals surface area contributed by atoms with E-state index >= 15 is 0 Å². The molecule has 6 rings (SSSR count). The topological polar surface area (TPSA) is 83.7 Å². The fourth-order valence-electron chi connectivity index (χ4n) is 5.27. The fraction of sp³-hybridized carbons (Fsp3) is 0.258. The fourth-order valence-corrected chi connectivity index (χ4v) is 5.80. The van der Waals surface area contributed by atoms with Crippen LogP contribution in [0.4, 0.5) is 19.1 Å². The molecular formula is C31H28Br2F3N5O3. The zero-order valence-electron chi connectivity index (χ0n) is 23.7. The number of anilines is 1. The molecule has 3 aromatic carbocycles. The quantitative estimate of drug-likeness (QED) is 0.222. The number of nitrogens with zero attached hydrogens (tertiary/aromatic N) is 5. The average Bonchev–Trinajstić information content (AvgIpc) is 3.47. The highest BCUT2D eigenvalue weighted by atomic mass is 79.9. The molecule has 2 aliphatic rings. The summed E-state index contributed by atoms with van der Waals surface area (Å²) in [6.45, 7) is 1.81. The van der Waals surface area contributed by atoms with E-state index < -0.39 is 12.1 Å². The lowest BCUT2D eigenvalue weighted by Crippen LogP contribution is -2.39. The molecule has 1 aromatic heterocycles. The van der Waals surface area contributed by atoms with E-state index in [1.54, 1.807) is 6.33 Å². The lowest BCUT2D eigenvalue weighted by Gasteiger charge is -2.43. The van der Waals surface area contributed by atoms with E-state index in [9.17, 15) is 13.2 Å². The number of ether oxygens (including phenoxy) is 1. The summed E-state index contributed by atoms with van der Waals surface area (Å²) in [4.78, 5) is 18.2. The number of aromatic nitrogens is 3. The Balaban J connectivity index is 0.000000493. The molecule has 230 valence electrons. The van der Waals surface area contributed by atoms with Crippen LogP contribution in [0, 0.1) is 0 Å². The van der Waals surface area contributed by atoms with Gasteiger partial charge < -0.3 is 19.6 Å². The summed E-state index contributed by atoms with van der Waals surface area (Å²) in [7, 11) is 4.22. The highest BCUT2D eigenvalue weighted by Gasteiger charge is 2.44. The number of benzene rings is 3. The molecular weight excluding hydrogens is 707 g/mol. The molecule has 2 atom stereocenters. The van der Waals surface area contributed by atoms with Crippen LogP contribution in [0.5, 0.6) is 5.75 Å². The van der Waals surface area contributed by atoms with E-state index in [-0.39, 0.29) is 12.1 Å². The molecule has 1 N–H and O–H groups in total. The highest BCUT2D eigenvalue weighted by Crippen LogP contribution is 2.52. The standard InChI is InChI=1S/C29H27Br2N5O.C2HF3O2/c1-34(2)16-5-17-35-27-23-6-3-4-7-24(23)37-28(20-10-14-22(31)15-11-20)25(27)26(36-29(35)32-18-33-36)19-8-12-21(30)13-9-19;3-2(4,5)1(6)7/h3-4,6-15,18,26,28H,5,16-17H2,1-2H3;(H,6,7). The molecule has 44 heavy (non-hydrogen) atoms. The molecule has 0 bridgehead atoms. The van der Waals surface area contributed by atoms with Gasteiger partial charge in [0.15, 0.2) is 0 Å². The number of alkyl halides is 3. The van der Waals surface area contributed by atoms with Crippen LogP contribution in [-0.4, -0.2) is 64.1 Å². The van der Waals surface area contributed by atoms with E-state index in [0.29, 0.717) is 0 Å². The van der Waals surface area contributed by atoms with Gasteiger partial charge in [-0.25, -0.2) is 9.48 Å². The predicted molar refractivity (Wildman–Crippen MR) is 167 cm³/mol. The first-order valence-electron chi connectivity index (χ1n) is 13.6. The summed E-state index contributed by atoms with van der Waals surface area (Å²) in [5, 5.41) is 11.9. The van der Waals surface area contributed by atoms with Gasteiger partial charge in [-0.05, 0) is 74.6 Å². The van der Waals surface area contributed by atoms with E-state index in [4.69, 9.17) is 24.7 Å². The van der Waals surface area contributed by atoms with Crippen LogP contribution in [0.25, 0.3) is 5.70 Å². The Morgan fingerprint density at radius 1 is 0.977 bits per heavy atom. The molecule has 0 saturated carbocycles. The van der Waals surface area contributed by atoms with Gasteiger partial charge in [-0.2, -0.15) is 23.3 Å². The number of para-hydroxylation sites is 1. The van der Waals surface area contributed by atoms with Crippen LogP contribution in [0.1, 0.15) is 35.3 Å². The van der Waals surface area contributed by atoms with Gasteiger partial charge in [0.1, 0.15) is 24.2 Å². The second-order valence-electron chi connectivity index (χ2n) is 10.4. The molecule has 3 heterocycles. The third-order valence-corrected chi connectivity index (χ3v) is 8.19. The maximum atomic E-state index is 10.6. The maximum absolute atomic E-state index is 10.6. The third kappa shape index (κ3) is 6.69. The Morgan fingerprint density at radius 2 is 1.57 bits per heavy atom. The first-order chi connectivity index (χ1) is 21.0. The van der Waals surface area contributed by atoms with Crippen LogP contribution in [0.3, 0.4) is 0 Å². The molecule has 0 saturated heterocycles. The van der Waals surface area contributed by atoms with Gasteiger partial charge in [-0.15, -0.1) is 0 Å². The first-order valence-corrected chi connectivity index (χ1v) is 15.2. The lowest BCUT2D eigenvalue weighted by molar-refractivity contribution is -0.192. The number of hydrogen-bond donors (Lipinski definition) is 1. The first kappa shape index (κ1) is 31.7. The molecule has 4 aromatic rings. The molecule has 2 aliphatic heterocycles. The lowest BCUT2D eigenvalue weighted by atomic mass is 9.84. The number of fused-ring (bicyclic) bond motifs is 3. The van der Waals surface area contributed by atoms with Crippen molar-refractivity contribution in [2.75, 3.05) is 32.1 Å². The van der Waals surface area contributed by atoms with Crippen molar-refractivity contribution in [1.29, 1.82) is 0 Å². The molecule has 0 spiro atoms. The number of halogens is 5. The molecule has 0 amide bonds. The van der Waals surface area contributed by atoms with Gasteiger partial charge in [0.25, 0.3) is 0 Å². The number of carbonyl (C=O) groups is 1. The Bertz CT molecular complexity index is 1660. The minimum absolute atomic E-state index is 0.160. The van der Waals surface area contributed by atoms with Gasteiger partial charge in [0, 0.05) is 26.6 Å². The molecule has 0 aliphatic carbocycles. The Morgan fingerprint density at radius 3 is 2.16 bits per heavy atom. The highest BCUT2D eigenvalue weighted by molar-refractivity contribution is 9.10. The summed E-state index contributed by atoms with van der Waals surface area (Å²) in [5.41, 5.74) is 5.67. The van der Waals surface area contributed by atoms with Crippen molar-refractivity contribution in [3.63, 3.8) is 0 Å². The van der Waals surface area contributed by atoms with Crippen molar-refractivity contribution in [2.45, 2.75) is 24.7 Å². The minimum Gasteiger partial charge on any atom is -0.480 e. The Kier molecular flexibility index (Phi) is 9.47. The van der Waals surface area contributed by atoms with Gasteiger partial charge in [0.2, 0.25) is 5.95 Å². The number of carboxylic acid groups (broad SMARTS) is 1. The molecule has 8 nitrogen and oxygen atoms in total. The second kappa shape index (κ2) is 13.1. The predicted octanol–water partition coefficient (Wildman–Crippen LogP) is 7.34. The van der Waals surface area contributed by atoms with Crippen molar-refractivity contribution in [2.24, 2.45) is 0 Å². The smallest absolute Gasteiger partial charge is 0.480 e. The van der Waals surface area contributed by atoms with Crippen molar-refractivity contribution in [3.8, 4) is 5.75 Å². The monoisotopic (exact) mass is 733 g/mol. The summed E-state index contributed by atoms with van der Waals surface area (Å²) >= 11 is 7.19. The zero-order valence-corrected chi connectivity index (χ0v) is 26.8. The number of carboxylic acids is 1. The van der Waals surface area contributed by atoms with Crippen molar-refractivity contribution < 1.29 is 27.8 Å². The maximum Gasteiger partial charge on any atom is 0.490 e. The van der Waals surface area contributed by atoms with Crippen molar-refractivity contribution in [1.82, 2.24) is 19.7 Å². The zero-order chi connectivity index (χ0) is 31.6. The normalized spacial score (nSPS) is 17.2. The Hall–Kier alpha value is -3.68. The number of hydrogen-bond acceptors (Lipinski definition) is 6. The van der Waals surface area contributed by atoms with Gasteiger partial charge in [-0.1, -0.05) is 68.3 Å². The van der Waals surface area contributed by atoms with Crippen LogP contribution in [0.2, 0.25) is 0 Å². The average molecular weight is 735 g/mol. The molecule has 0 radical (unpaired) electrons. The van der Waals surface area contributed by atoms with E-state index in [1.165, 1.54) is 11.3 Å². The summed E-state index contributed by atoms with van der Waals surface area (Å²) in [5.74, 6) is -1.02. The van der Waals surface area contributed by atoms with Crippen molar-refractivity contribution in [3.05, 3.63) is 110 Å². The van der Waals surface area contributed by atoms with E-state index in [0.717, 1.165) is 56.8 Å². The summed E-state index contributed by atoms with van der Waals surface area (Å²) < 4.78 is 42.7. The van der Waals surface area contributed by atoms with Crippen LogP contribution >= 0.6 is 31.9 Å². The number of rotatable bonds is 6. The van der Waals surface area contributed by atoms with Crippen LogP contribution in [0.15, 0.2) is 93.6 Å². The molecule has 2 unspecified atom stereocenters. The van der Waals surface area contributed by atoms with Crippen molar-refractivity contribution >= 4 is 49.5 Å². The van der Waals surface area contributed by atoms with Gasteiger partial charge in [-0.3, -0.25) is 0 Å². The second-order valence-corrected chi connectivity index (χ2v) is 12.3. The SMILES string of the molecule is CN(C)CCCN1C2=C(C(c3ccc(Br)cc3)Oc3ccccc32)C(c2ccc(Br)cc2)n2ncnc21.O=C(O)C(F)(F)F. The minimum atomic E-state index is -5.08. The summed E-state index contributed by atoms with van der Waals surface area (Å²) in [6.07, 6.45) is -2.70. The van der Waals surface area contributed by atoms with E-state index in [1.807, 2.05) is 6.07 Å².